The van der Waals surface area contributed by atoms with Gasteiger partial charge in [-0.2, -0.15) is 0 Å². The lowest BCUT2D eigenvalue weighted by molar-refractivity contribution is -0.120. The summed E-state index contributed by atoms with van der Waals surface area (Å²) < 4.78 is 10.5. The highest BCUT2D eigenvalue weighted by Gasteiger charge is 2.14. The van der Waals surface area contributed by atoms with Crippen LogP contribution in [0, 0.1) is 0 Å². The van der Waals surface area contributed by atoms with Gasteiger partial charge in [0.15, 0.2) is 0 Å². The van der Waals surface area contributed by atoms with E-state index in [-0.39, 0.29) is 11.9 Å². The molecule has 2 N–H and O–H groups in total. The third-order valence-corrected chi connectivity index (χ3v) is 2.99. The Morgan fingerprint density at radius 2 is 2.05 bits per heavy atom. The Kier molecular flexibility index (Phi) is 6.87. The van der Waals surface area contributed by atoms with Gasteiger partial charge in [0.1, 0.15) is 11.5 Å². The number of carbonyl (C=O) groups is 1. The van der Waals surface area contributed by atoms with Crippen LogP contribution in [0.1, 0.15) is 31.9 Å². The molecule has 20 heavy (non-hydrogen) atoms. The summed E-state index contributed by atoms with van der Waals surface area (Å²) in [5.41, 5.74) is 0.899. The number of hydrogen-bond donors (Lipinski definition) is 2. The van der Waals surface area contributed by atoms with Gasteiger partial charge in [-0.1, -0.05) is 6.92 Å². The molecule has 0 bridgehead atoms. The smallest absolute Gasteiger partial charge is 0.234 e. The predicted molar refractivity (Wildman–Crippen MR) is 79.3 cm³/mol. The molecule has 0 spiro atoms. The SMILES string of the molecule is CCCNCC(=O)NC(C)c1cc(OC)ccc1OC. The van der Waals surface area contributed by atoms with Crippen LogP contribution in [0.2, 0.25) is 0 Å². The molecule has 112 valence electrons. The van der Waals surface area contributed by atoms with E-state index in [0.717, 1.165) is 30.0 Å². The van der Waals surface area contributed by atoms with Crippen molar-refractivity contribution in [3.05, 3.63) is 23.8 Å². The highest BCUT2D eigenvalue weighted by molar-refractivity contribution is 5.78. The van der Waals surface area contributed by atoms with Gasteiger partial charge in [-0.05, 0) is 38.1 Å². The van der Waals surface area contributed by atoms with Crippen molar-refractivity contribution in [3.63, 3.8) is 0 Å². The van der Waals surface area contributed by atoms with Gasteiger partial charge in [0.2, 0.25) is 5.91 Å². The predicted octanol–water partition coefficient (Wildman–Crippen LogP) is 1.88. The van der Waals surface area contributed by atoms with Crippen LogP contribution in [0.25, 0.3) is 0 Å². The highest BCUT2D eigenvalue weighted by atomic mass is 16.5. The summed E-state index contributed by atoms with van der Waals surface area (Å²) in [5.74, 6) is 1.45. The Balaban J connectivity index is 2.70. The molecule has 0 radical (unpaired) electrons. The second-order valence-corrected chi connectivity index (χ2v) is 4.57. The molecule has 0 saturated carbocycles. The third-order valence-electron chi connectivity index (χ3n) is 2.99. The molecular formula is C15H24N2O3. The van der Waals surface area contributed by atoms with E-state index < -0.39 is 0 Å². The molecule has 0 aliphatic rings. The lowest BCUT2D eigenvalue weighted by Gasteiger charge is -2.18. The van der Waals surface area contributed by atoms with Gasteiger partial charge in [0.05, 0.1) is 26.8 Å². The Morgan fingerprint density at radius 1 is 1.30 bits per heavy atom. The van der Waals surface area contributed by atoms with Gasteiger partial charge >= 0.3 is 0 Å². The van der Waals surface area contributed by atoms with E-state index in [1.54, 1.807) is 14.2 Å². The standard InChI is InChI=1S/C15H24N2O3/c1-5-8-16-10-15(18)17-11(2)13-9-12(19-3)6-7-14(13)20-4/h6-7,9,11,16H,5,8,10H2,1-4H3,(H,17,18). The molecule has 1 aromatic rings. The van der Waals surface area contributed by atoms with Crippen molar-refractivity contribution in [2.24, 2.45) is 0 Å². The van der Waals surface area contributed by atoms with Gasteiger partial charge in [-0.15, -0.1) is 0 Å². The molecule has 0 aliphatic carbocycles. The van der Waals surface area contributed by atoms with Crippen molar-refractivity contribution in [1.82, 2.24) is 10.6 Å². The van der Waals surface area contributed by atoms with Crippen molar-refractivity contribution in [3.8, 4) is 11.5 Å². The van der Waals surface area contributed by atoms with Crippen LogP contribution in [-0.2, 0) is 4.79 Å². The molecule has 1 rings (SSSR count). The number of ether oxygens (including phenoxy) is 2. The monoisotopic (exact) mass is 280 g/mol. The first-order valence-electron chi connectivity index (χ1n) is 6.84. The minimum atomic E-state index is -0.143. The first-order chi connectivity index (χ1) is 9.62. The minimum Gasteiger partial charge on any atom is -0.497 e. The number of amides is 1. The lowest BCUT2D eigenvalue weighted by atomic mass is 10.1. The normalized spacial score (nSPS) is 11.8. The molecule has 0 aliphatic heterocycles. The average molecular weight is 280 g/mol. The van der Waals surface area contributed by atoms with E-state index in [1.807, 2.05) is 25.1 Å². The minimum absolute atomic E-state index is 0.0316. The third kappa shape index (κ3) is 4.74. The zero-order valence-electron chi connectivity index (χ0n) is 12.7. The van der Waals surface area contributed by atoms with E-state index in [1.165, 1.54) is 0 Å². The van der Waals surface area contributed by atoms with Gasteiger partial charge in [-0.25, -0.2) is 0 Å². The summed E-state index contributed by atoms with van der Waals surface area (Å²) in [6, 6.07) is 5.41. The summed E-state index contributed by atoms with van der Waals surface area (Å²) in [5, 5.41) is 6.02. The van der Waals surface area contributed by atoms with Gasteiger partial charge in [-0.3, -0.25) is 4.79 Å². The Labute approximate surface area is 120 Å². The highest BCUT2D eigenvalue weighted by Crippen LogP contribution is 2.29. The van der Waals surface area contributed by atoms with E-state index in [4.69, 9.17) is 9.47 Å². The van der Waals surface area contributed by atoms with E-state index in [0.29, 0.717) is 6.54 Å². The first-order valence-corrected chi connectivity index (χ1v) is 6.84. The number of carbonyl (C=O) groups excluding carboxylic acids is 1. The van der Waals surface area contributed by atoms with Gasteiger partial charge < -0.3 is 20.1 Å². The van der Waals surface area contributed by atoms with Gasteiger partial charge in [0, 0.05) is 5.56 Å². The van der Waals surface area contributed by atoms with Crippen LogP contribution in [0.3, 0.4) is 0 Å². The maximum atomic E-state index is 11.8. The summed E-state index contributed by atoms with van der Waals surface area (Å²) >= 11 is 0. The summed E-state index contributed by atoms with van der Waals surface area (Å²) in [7, 11) is 3.23. The van der Waals surface area contributed by atoms with Crippen LogP contribution >= 0.6 is 0 Å². The second kappa shape index (κ2) is 8.43. The first kappa shape index (κ1) is 16.3. The zero-order chi connectivity index (χ0) is 15.0. The number of hydrogen-bond acceptors (Lipinski definition) is 4. The van der Waals surface area contributed by atoms with Crippen LogP contribution in [0.5, 0.6) is 11.5 Å². The fraction of sp³-hybridized carbons (Fsp3) is 0.533. The molecule has 0 heterocycles. The quantitative estimate of drug-likeness (QED) is 0.714. The lowest BCUT2D eigenvalue weighted by Crippen LogP contribution is -2.35. The fourth-order valence-corrected chi connectivity index (χ4v) is 1.93. The summed E-state index contributed by atoms with van der Waals surface area (Å²) in [4.78, 5) is 11.8. The molecular weight excluding hydrogens is 256 g/mol. The van der Waals surface area contributed by atoms with Crippen molar-refractivity contribution in [1.29, 1.82) is 0 Å². The van der Waals surface area contributed by atoms with Crippen molar-refractivity contribution in [2.75, 3.05) is 27.3 Å². The number of rotatable bonds is 8. The molecule has 0 saturated heterocycles. The van der Waals surface area contributed by atoms with Crippen LogP contribution in [0.15, 0.2) is 18.2 Å². The van der Waals surface area contributed by atoms with E-state index in [2.05, 4.69) is 17.6 Å². The summed E-state index contributed by atoms with van der Waals surface area (Å²) in [6.07, 6.45) is 1.01. The summed E-state index contributed by atoms with van der Waals surface area (Å²) in [6.45, 7) is 5.15. The molecule has 5 heteroatoms. The van der Waals surface area contributed by atoms with Gasteiger partial charge in [0.25, 0.3) is 0 Å². The maximum Gasteiger partial charge on any atom is 0.234 e. The Bertz CT molecular complexity index is 435. The molecule has 1 amide bonds. The fourth-order valence-electron chi connectivity index (χ4n) is 1.93. The van der Waals surface area contributed by atoms with Crippen molar-refractivity contribution < 1.29 is 14.3 Å². The van der Waals surface area contributed by atoms with E-state index in [9.17, 15) is 4.79 Å². The molecule has 5 nitrogen and oxygen atoms in total. The van der Waals surface area contributed by atoms with Crippen molar-refractivity contribution >= 4 is 5.91 Å². The average Bonchev–Trinajstić information content (AvgIpc) is 2.46. The largest absolute Gasteiger partial charge is 0.497 e. The Morgan fingerprint density at radius 3 is 2.65 bits per heavy atom. The zero-order valence-corrected chi connectivity index (χ0v) is 12.7. The second-order valence-electron chi connectivity index (χ2n) is 4.57. The number of nitrogens with one attached hydrogen (secondary N) is 2. The topological polar surface area (TPSA) is 59.6 Å². The van der Waals surface area contributed by atoms with E-state index >= 15 is 0 Å². The molecule has 0 aromatic heterocycles. The molecule has 1 unspecified atom stereocenters. The molecule has 1 atom stereocenters. The maximum absolute atomic E-state index is 11.8. The van der Waals surface area contributed by atoms with Crippen LogP contribution in [-0.4, -0.2) is 33.2 Å². The number of benzene rings is 1. The number of methoxy groups -OCH3 is 2. The van der Waals surface area contributed by atoms with Crippen LogP contribution < -0.4 is 20.1 Å². The van der Waals surface area contributed by atoms with Crippen molar-refractivity contribution in [2.45, 2.75) is 26.3 Å². The molecule has 1 aromatic carbocycles. The Hall–Kier alpha value is -1.75. The molecule has 0 fully saturated rings. The van der Waals surface area contributed by atoms with Crippen LogP contribution in [0.4, 0.5) is 0 Å².